The lowest BCUT2D eigenvalue weighted by Gasteiger charge is -2.10. The third-order valence-electron chi connectivity index (χ3n) is 3.04. The number of furan rings is 1. The molecule has 0 unspecified atom stereocenters. The van der Waals surface area contributed by atoms with Gasteiger partial charge in [0.05, 0.1) is 6.26 Å². The molecule has 0 amide bonds. The zero-order chi connectivity index (χ0) is 11.5. The first kappa shape index (κ1) is 10.7. The predicted molar refractivity (Wildman–Crippen MR) is 67.0 cm³/mol. The Balaban J connectivity index is 1.49. The maximum absolute atomic E-state index is 5.29. The molecule has 2 fully saturated rings. The summed E-state index contributed by atoms with van der Waals surface area (Å²) in [6.07, 6.45) is 7.71. The molecule has 92 valence electrons. The molecule has 3 rings (SSSR count). The van der Waals surface area contributed by atoms with Gasteiger partial charge in [-0.1, -0.05) is 0 Å². The van der Waals surface area contributed by atoms with Crippen molar-refractivity contribution in [2.75, 3.05) is 6.54 Å². The Bertz CT molecular complexity index is 361. The molecule has 2 saturated carbocycles. The highest BCUT2D eigenvalue weighted by Crippen LogP contribution is 2.21. The van der Waals surface area contributed by atoms with Crippen molar-refractivity contribution in [3.63, 3.8) is 0 Å². The van der Waals surface area contributed by atoms with Crippen LogP contribution in [-0.2, 0) is 6.42 Å². The fraction of sp³-hybridized carbons (Fsp3) is 0.615. The highest BCUT2D eigenvalue weighted by Gasteiger charge is 2.26. The quantitative estimate of drug-likeness (QED) is 0.601. The summed E-state index contributed by atoms with van der Waals surface area (Å²) in [6, 6.07) is 5.23. The van der Waals surface area contributed by atoms with Crippen molar-refractivity contribution in [2.45, 2.75) is 44.2 Å². The SMILES string of the molecule is c1coc(CCN=C(NC2CC2)NC2CC2)c1. The highest BCUT2D eigenvalue weighted by molar-refractivity contribution is 5.81. The van der Waals surface area contributed by atoms with Crippen molar-refractivity contribution in [2.24, 2.45) is 4.99 Å². The molecule has 2 N–H and O–H groups in total. The minimum absolute atomic E-state index is 0.656. The van der Waals surface area contributed by atoms with Crippen LogP contribution in [0.4, 0.5) is 0 Å². The van der Waals surface area contributed by atoms with E-state index in [0.29, 0.717) is 12.1 Å². The number of rotatable bonds is 5. The molecule has 1 aromatic heterocycles. The topological polar surface area (TPSA) is 49.6 Å². The molecule has 2 aliphatic carbocycles. The van der Waals surface area contributed by atoms with E-state index in [9.17, 15) is 0 Å². The summed E-state index contributed by atoms with van der Waals surface area (Å²) in [5.41, 5.74) is 0. The lowest BCUT2D eigenvalue weighted by Crippen LogP contribution is -2.40. The summed E-state index contributed by atoms with van der Waals surface area (Å²) in [6.45, 7) is 0.780. The van der Waals surface area contributed by atoms with Crippen molar-refractivity contribution in [1.82, 2.24) is 10.6 Å². The predicted octanol–water partition coefficient (Wildman–Crippen LogP) is 1.68. The maximum Gasteiger partial charge on any atom is 0.191 e. The Hall–Kier alpha value is -1.45. The largest absolute Gasteiger partial charge is 0.469 e. The van der Waals surface area contributed by atoms with Crippen molar-refractivity contribution in [3.05, 3.63) is 24.2 Å². The van der Waals surface area contributed by atoms with Crippen molar-refractivity contribution in [1.29, 1.82) is 0 Å². The van der Waals surface area contributed by atoms with E-state index in [2.05, 4.69) is 15.6 Å². The summed E-state index contributed by atoms with van der Waals surface area (Å²) < 4.78 is 5.29. The molecule has 17 heavy (non-hydrogen) atoms. The highest BCUT2D eigenvalue weighted by atomic mass is 16.3. The standard InChI is InChI=1S/C13H19N3O/c1-2-12(17-9-1)7-8-14-13(15-10-3-4-10)16-11-5-6-11/h1-2,9-11H,3-8H2,(H2,14,15,16). The number of aliphatic imine (C=N–C) groups is 1. The Labute approximate surface area is 101 Å². The lowest BCUT2D eigenvalue weighted by molar-refractivity contribution is 0.510. The maximum atomic E-state index is 5.29. The molecule has 2 aliphatic rings. The van der Waals surface area contributed by atoms with Crippen molar-refractivity contribution >= 4 is 5.96 Å². The molecule has 1 aromatic rings. The monoisotopic (exact) mass is 233 g/mol. The zero-order valence-corrected chi connectivity index (χ0v) is 9.98. The zero-order valence-electron chi connectivity index (χ0n) is 9.98. The van der Waals surface area contributed by atoms with Gasteiger partial charge in [0.25, 0.3) is 0 Å². The Kier molecular flexibility index (Phi) is 3.03. The van der Waals surface area contributed by atoms with Gasteiger partial charge in [0.1, 0.15) is 5.76 Å². The van der Waals surface area contributed by atoms with Gasteiger partial charge >= 0.3 is 0 Å². The van der Waals surface area contributed by atoms with Crippen LogP contribution in [0.1, 0.15) is 31.4 Å². The third-order valence-corrected chi connectivity index (χ3v) is 3.04. The summed E-state index contributed by atoms with van der Waals surface area (Å²) in [5.74, 6) is 1.99. The minimum Gasteiger partial charge on any atom is -0.469 e. The number of nitrogens with zero attached hydrogens (tertiary/aromatic N) is 1. The van der Waals surface area contributed by atoms with Gasteiger partial charge in [-0.25, -0.2) is 0 Å². The lowest BCUT2D eigenvalue weighted by atomic mass is 10.3. The van der Waals surface area contributed by atoms with Gasteiger partial charge in [-0.3, -0.25) is 4.99 Å². The molecule has 1 heterocycles. The van der Waals surface area contributed by atoms with Crippen LogP contribution >= 0.6 is 0 Å². The van der Waals surface area contributed by atoms with Gasteiger partial charge in [-0.15, -0.1) is 0 Å². The normalized spacial score (nSPS) is 18.8. The first-order valence-corrected chi connectivity index (χ1v) is 6.50. The molecule has 0 aliphatic heterocycles. The Morgan fingerprint density at radius 1 is 1.24 bits per heavy atom. The van der Waals surface area contributed by atoms with Gasteiger partial charge in [0.2, 0.25) is 0 Å². The van der Waals surface area contributed by atoms with E-state index < -0.39 is 0 Å². The molecule has 0 radical (unpaired) electrons. The third kappa shape index (κ3) is 3.51. The van der Waals surface area contributed by atoms with E-state index in [1.165, 1.54) is 25.7 Å². The van der Waals surface area contributed by atoms with E-state index in [-0.39, 0.29) is 0 Å². The summed E-state index contributed by atoms with van der Waals surface area (Å²) in [4.78, 5) is 4.59. The minimum atomic E-state index is 0.656. The van der Waals surface area contributed by atoms with Crippen LogP contribution in [0.25, 0.3) is 0 Å². The number of hydrogen-bond acceptors (Lipinski definition) is 2. The second-order valence-corrected chi connectivity index (χ2v) is 4.90. The molecule has 0 aromatic carbocycles. The van der Waals surface area contributed by atoms with Crippen LogP contribution in [0.5, 0.6) is 0 Å². The van der Waals surface area contributed by atoms with Crippen molar-refractivity contribution in [3.8, 4) is 0 Å². The van der Waals surface area contributed by atoms with Crippen LogP contribution in [0.2, 0.25) is 0 Å². The van der Waals surface area contributed by atoms with E-state index in [0.717, 1.165) is 24.7 Å². The first-order chi connectivity index (χ1) is 8.40. The van der Waals surface area contributed by atoms with Crippen LogP contribution < -0.4 is 10.6 Å². The summed E-state index contributed by atoms with van der Waals surface area (Å²) in [7, 11) is 0. The van der Waals surface area contributed by atoms with Gasteiger partial charge in [-0.05, 0) is 37.8 Å². The first-order valence-electron chi connectivity index (χ1n) is 6.50. The summed E-state index contributed by atoms with van der Waals surface area (Å²) in [5, 5.41) is 6.90. The second-order valence-electron chi connectivity index (χ2n) is 4.90. The molecule has 0 bridgehead atoms. The Morgan fingerprint density at radius 2 is 1.94 bits per heavy atom. The molecular weight excluding hydrogens is 214 g/mol. The average Bonchev–Trinajstić information content (AvgIpc) is 3.23. The number of nitrogens with one attached hydrogen (secondary N) is 2. The molecule has 4 nitrogen and oxygen atoms in total. The smallest absolute Gasteiger partial charge is 0.191 e. The summed E-state index contributed by atoms with van der Waals surface area (Å²) >= 11 is 0. The molecule has 0 spiro atoms. The molecule has 0 atom stereocenters. The number of guanidine groups is 1. The molecular formula is C13H19N3O. The van der Waals surface area contributed by atoms with Crippen LogP contribution in [0.15, 0.2) is 27.8 Å². The van der Waals surface area contributed by atoms with Gasteiger partial charge in [-0.2, -0.15) is 0 Å². The fourth-order valence-electron chi connectivity index (χ4n) is 1.71. The van der Waals surface area contributed by atoms with E-state index in [1.807, 2.05) is 12.1 Å². The fourth-order valence-corrected chi connectivity index (χ4v) is 1.71. The van der Waals surface area contributed by atoms with E-state index in [4.69, 9.17) is 4.42 Å². The molecule has 0 saturated heterocycles. The van der Waals surface area contributed by atoms with Crippen LogP contribution in [0, 0.1) is 0 Å². The van der Waals surface area contributed by atoms with Gasteiger partial charge in [0.15, 0.2) is 5.96 Å². The second kappa shape index (κ2) is 4.82. The van der Waals surface area contributed by atoms with Gasteiger partial charge in [0, 0.05) is 25.0 Å². The average molecular weight is 233 g/mol. The van der Waals surface area contributed by atoms with Gasteiger partial charge < -0.3 is 15.1 Å². The van der Waals surface area contributed by atoms with Crippen molar-refractivity contribution < 1.29 is 4.42 Å². The van der Waals surface area contributed by atoms with Crippen LogP contribution in [-0.4, -0.2) is 24.6 Å². The van der Waals surface area contributed by atoms with E-state index in [1.54, 1.807) is 6.26 Å². The number of hydrogen-bond donors (Lipinski definition) is 2. The van der Waals surface area contributed by atoms with Crippen LogP contribution in [0.3, 0.4) is 0 Å². The molecule has 4 heteroatoms. The Morgan fingerprint density at radius 3 is 2.47 bits per heavy atom. The van der Waals surface area contributed by atoms with E-state index >= 15 is 0 Å².